The first-order chi connectivity index (χ1) is 7.06. The van der Waals surface area contributed by atoms with Gasteiger partial charge in [0.25, 0.3) is 0 Å². The van der Waals surface area contributed by atoms with Crippen molar-refractivity contribution in [2.75, 3.05) is 6.54 Å². The molecule has 1 rings (SSSR count). The highest BCUT2D eigenvalue weighted by Crippen LogP contribution is 2.32. The molecule has 1 amide bonds. The number of nitrogens with one attached hydrogen (secondary N) is 1. The molecule has 0 spiro atoms. The fourth-order valence-corrected chi connectivity index (χ4v) is 1.48. The first-order valence-corrected chi connectivity index (χ1v) is 5.77. The Bertz CT molecular complexity index is 217. The summed E-state index contributed by atoms with van der Waals surface area (Å²) in [7, 11) is 0. The van der Waals surface area contributed by atoms with Gasteiger partial charge in [-0.1, -0.05) is 20.3 Å². The maximum atomic E-state index is 11.5. The lowest BCUT2D eigenvalue weighted by atomic mass is 9.99. The Balaban J connectivity index is 2.22. The van der Waals surface area contributed by atoms with Crippen LogP contribution in [0.4, 0.5) is 0 Å². The number of hydrogen-bond donors (Lipinski definition) is 3. The van der Waals surface area contributed by atoms with Gasteiger partial charge in [-0.15, -0.1) is 0 Å². The normalized spacial score (nSPS) is 21.9. The zero-order chi connectivity index (χ0) is 11.4. The van der Waals surface area contributed by atoms with Gasteiger partial charge in [-0.25, -0.2) is 0 Å². The van der Waals surface area contributed by atoms with Crippen LogP contribution in [0.15, 0.2) is 0 Å². The summed E-state index contributed by atoms with van der Waals surface area (Å²) in [5, 5.41) is 12.3. The average molecular weight is 214 g/mol. The molecule has 0 aliphatic heterocycles. The first-order valence-electron chi connectivity index (χ1n) is 5.77. The number of nitrogens with two attached hydrogens (primary N) is 1. The summed E-state index contributed by atoms with van der Waals surface area (Å²) >= 11 is 0. The first kappa shape index (κ1) is 12.5. The Morgan fingerprint density at radius 2 is 2.20 bits per heavy atom. The molecule has 3 atom stereocenters. The summed E-state index contributed by atoms with van der Waals surface area (Å²) in [5.74, 6) is 0.428. The van der Waals surface area contributed by atoms with Crippen LogP contribution in [0.5, 0.6) is 0 Å². The molecule has 0 aromatic rings. The molecule has 0 saturated heterocycles. The number of aliphatic hydroxyl groups is 1. The van der Waals surface area contributed by atoms with Crippen LogP contribution < -0.4 is 11.1 Å². The highest BCUT2D eigenvalue weighted by molar-refractivity contribution is 5.81. The van der Waals surface area contributed by atoms with Gasteiger partial charge in [-0.2, -0.15) is 0 Å². The third kappa shape index (κ3) is 3.80. The summed E-state index contributed by atoms with van der Waals surface area (Å²) in [6.45, 7) is 4.31. The maximum Gasteiger partial charge on any atom is 0.237 e. The van der Waals surface area contributed by atoms with Gasteiger partial charge in [0.15, 0.2) is 0 Å². The second kappa shape index (κ2) is 5.47. The Kier molecular flexibility index (Phi) is 4.54. The van der Waals surface area contributed by atoms with Crippen LogP contribution in [0.25, 0.3) is 0 Å². The highest BCUT2D eigenvalue weighted by atomic mass is 16.3. The molecule has 0 aromatic carbocycles. The van der Waals surface area contributed by atoms with E-state index in [0.29, 0.717) is 12.5 Å². The fraction of sp³-hybridized carbons (Fsp3) is 0.909. The predicted octanol–water partition coefficient (Wildman–Crippen LogP) is 0.247. The summed E-state index contributed by atoms with van der Waals surface area (Å²) in [6, 6.07) is -0.457. The van der Waals surface area contributed by atoms with E-state index in [9.17, 15) is 9.90 Å². The predicted molar refractivity (Wildman–Crippen MR) is 59.2 cm³/mol. The molecular weight excluding hydrogens is 192 g/mol. The largest absolute Gasteiger partial charge is 0.391 e. The van der Waals surface area contributed by atoms with E-state index in [1.54, 1.807) is 0 Å². The topological polar surface area (TPSA) is 75.4 Å². The number of carbonyl (C=O) groups is 1. The van der Waals surface area contributed by atoms with E-state index in [1.807, 2.05) is 13.8 Å². The van der Waals surface area contributed by atoms with Crippen molar-refractivity contribution >= 4 is 5.91 Å². The summed E-state index contributed by atoms with van der Waals surface area (Å²) in [4.78, 5) is 11.5. The van der Waals surface area contributed by atoms with Gasteiger partial charge in [0.1, 0.15) is 0 Å². The lowest BCUT2D eigenvalue weighted by molar-refractivity contribution is -0.123. The number of carbonyl (C=O) groups excluding carboxylic acids is 1. The van der Waals surface area contributed by atoms with E-state index >= 15 is 0 Å². The molecule has 4 nitrogen and oxygen atoms in total. The van der Waals surface area contributed by atoms with Crippen LogP contribution in [0.1, 0.15) is 33.1 Å². The lowest BCUT2D eigenvalue weighted by Gasteiger charge is -2.19. The number of hydrogen-bond acceptors (Lipinski definition) is 3. The van der Waals surface area contributed by atoms with Crippen molar-refractivity contribution in [1.82, 2.24) is 5.32 Å². The van der Waals surface area contributed by atoms with Gasteiger partial charge >= 0.3 is 0 Å². The molecule has 1 fully saturated rings. The number of amides is 1. The van der Waals surface area contributed by atoms with Crippen LogP contribution in [0.3, 0.4) is 0 Å². The van der Waals surface area contributed by atoms with Gasteiger partial charge in [-0.05, 0) is 24.7 Å². The minimum absolute atomic E-state index is 0.149. The van der Waals surface area contributed by atoms with Gasteiger partial charge in [-0.3, -0.25) is 4.79 Å². The number of aliphatic hydroxyl groups excluding tert-OH is 1. The highest BCUT2D eigenvalue weighted by Gasteiger charge is 2.30. The molecule has 0 heterocycles. The molecule has 0 aromatic heterocycles. The second-order valence-electron chi connectivity index (χ2n) is 4.56. The quantitative estimate of drug-likeness (QED) is 0.593. The second-order valence-corrected chi connectivity index (χ2v) is 4.56. The Hall–Kier alpha value is -0.610. The molecule has 15 heavy (non-hydrogen) atoms. The zero-order valence-corrected chi connectivity index (χ0v) is 9.57. The molecule has 1 aliphatic rings. The van der Waals surface area contributed by atoms with Gasteiger partial charge in [0.2, 0.25) is 5.91 Å². The van der Waals surface area contributed by atoms with E-state index in [2.05, 4.69) is 5.32 Å². The van der Waals surface area contributed by atoms with Gasteiger partial charge < -0.3 is 16.2 Å². The third-order valence-electron chi connectivity index (χ3n) is 3.21. The molecule has 0 radical (unpaired) electrons. The van der Waals surface area contributed by atoms with E-state index in [4.69, 9.17) is 5.73 Å². The molecule has 4 N–H and O–H groups in total. The van der Waals surface area contributed by atoms with Crippen molar-refractivity contribution in [1.29, 1.82) is 0 Å². The molecule has 88 valence electrons. The zero-order valence-electron chi connectivity index (χ0n) is 9.57. The number of rotatable bonds is 6. The Morgan fingerprint density at radius 3 is 2.67 bits per heavy atom. The van der Waals surface area contributed by atoms with E-state index < -0.39 is 12.1 Å². The van der Waals surface area contributed by atoms with Crippen molar-refractivity contribution in [2.45, 2.75) is 45.3 Å². The van der Waals surface area contributed by atoms with Crippen molar-refractivity contribution in [2.24, 2.45) is 17.6 Å². The lowest BCUT2D eigenvalue weighted by Crippen LogP contribution is -2.46. The van der Waals surface area contributed by atoms with E-state index in [1.165, 1.54) is 0 Å². The average Bonchev–Trinajstić information content (AvgIpc) is 3.06. The van der Waals surface area contributed by atoms with Crippen LogP contribution in [0, 0.1) is 11.8 Å². The maximum absolute atomic E-state index is 11.5. The Morgan fingerprint density at radius 1 is 1.60 bits per heavy atom. The minimum atomic E-state index is -0.457. The van der Waals surface area contributed by atoms with Crippen molar-refractivity contribution in [3.63, 3.8) is 0 Å². The van der Waals surface area contributed by atoms with Gasteiger partial charge in [0.05, 0.1) is 12.1 Å². The van der Waals surface area contributed by atoms with Gasteiger partial charge in [0, 0.05) is 6.54 Å². The van der Waals surface area contributed by atoms with Crippen LogP contribution in [-0.4, -0.2) is 29.7 Å². The SMILES string of the molecule is CC[C@H](C)[C@H](N)C(=O)NCC(O)C1CC1. The van der Waals surface area contributed by atoms with Crippen LogP contribution in [-0.2, 0) is 4.79 Å². The molecule has 1 saturated carbocycles. The van der Waals surface area contributed by atoms with Crippen LogP contribution >= 0.6 is 0 Å². The van der Waals surface area contributed by atoms with Crippen molar-refractivity contribution < 1.29 is 9.90 Å². The van der Waals surface area contributed by atoms with Crippen molar-refractivity contribution in [3.05, 3.63) is 0 Å². The molecule has 0 bridgehead atoms. The third-order valence-corrected chi connectivity index (χ3v) is 3.21. The molecular formula is C11H22N2O2. The molecule has 1 unspecified atom stereocenters. The smallest absolute Gasteiger partial charge is 0.237 e. The van der Waals surface area contributed by atoms with Crippen molar-refractivity contribution in [3.8, 4) is 0 Å². The monoisotopic (exact) mass is 214 g/mol. The van der Waals surface area contributed by atoms with E-state index in [0.717, 1.165) is 19.3 Å². The summed E-state index contributed by atoms with van der Waals surface area (Å²) in [5.41, 5.74) is 5.76. The van der Waals surface area contributed by atoms with E-state index in [-0.39, 0.29) is 11.8 Å². The molecule has 4 heteroatoms. The minimum Gasteiger partial charge on any atom is -0.391 e. The van der Waals surface area contributed by atoms with Crippen LogP contribution in [0.2, 0.25) is 0 Å². The summed E-state index contributed by atoms with van der Waals surface area (Å²) in [6.07, 6.45) is 2.65. The summed E-state index contributed by atoms with van der Waals surface area (Å²) < 4.78 is 0. The Labute approximate surface area is 91.2 Å². The standard InChI is InChI=1S/C11H22N2O2/c1-3-7(2)10(12)11(15)13-6-9(14)8-4-5-8/h7-10,14H,3-6,12H2,1-2H3,(H,13,15)/t7-,9?,10-/m0/s1. The molecule has 1 aliphatic carbocycles. The fourth-order valence-electron chi connectivity index (χ4n) is 1.48.